The largest absolute Gasteiger partial charge is 0.306 e. The van der Waals surface area contributed by atoms with Crippen LogP contribution in [0.15, 0.2) is 45.3 Å². The molecule has 0 fully saturated rings. The van der Waals surface area contributed by atoms with Crippen molar-refractivity contribution in [2.75, 3.05) is 6.54 Å². The van der Waals surface area contributed by atoms with E-state index >= 15 is 0 Å². The van der Waals surface area contributed by atoms with Crippen LogP contribution in [0.4, 0.5) is 0 Å². The third kappa shape index (κ3) is 3.72. The summed E-state index contributed by atoms with van der Waals surface area (Å²) in [5.74, 6) is 0. The molecule has 0 saturated carbocycles. The van der Waals surface area contributed by atoms with Gasteiger partial charge in [-0.25, -0.2) is 0 Å². The second kappa shape index (κ2) is 6.88. The minimum Gasteiger partial charge on any atom is -0.306 e. The van der Waals surface area contributed by atoms with Gasteiger partial charge in [-0.15, -0.1) is 0 Å². The Hall–Kier alpha value is -0.640. The maximum Gasteiger partial charge on any atom is 0.0588 e. The molecule has 1 N–H and O–H groups in total. The van der Waals surface area contributed by atoms with Crippen LogP contribution in [-0.4, -0.2) is 6.54 Å². The fourth-order valence-electron chi connectivity index (χ4n) is 2.52. The van der Waals surface area contributed by atoms with Crippen molar-refractivity contribution in [2.45, 2.75) is 26.8 Å². The van der Waals surface area contributed by atoms with Crippen LogP contribution in [0.1, 0.15) is 35.2 Å². The Morgan fingerprint density at radius 3 is 2.25 bits per heavy atom. The van der Waals surface area contributed by atoms with Gasteiger partial charge in [0.25, 0.3) is 0 Å². The Morgan fingerprint density at radius 1 is 1.00 bits per heavy atom. The normalized spacial score (nSPS) is 12.4. The van der Waals surface area contributed by atoms with Gasteiger partial charge in [0.2, 0.25) is 0 Å². The molecule has 2 aromatic carbocycles. The van der Waals surface area contributed by atoms with Crippen LogP contribution in [0, 0.1) is 13.8 Å². The molecule has 1 nitrogen and oxygen atoms in total. The molecule has 0 aliphatic rings. The van der Waals surface area contributed by atoms with Gasteiger partial charge in [0.15, 0.2) is 0 Å². The highest BCUT2D eigenvalue weighted by molar-refractivity contribution is 9.11. The molecule has 0 aromatic heterocycles. The molecule has 1 atom stereocenters. The lowest BCUT2D eigenvalue weighted by Crippen LogP contribution is -2.22. The van der Waals surface area contributed by atoms with Crippen molar-refractivity contribution in [2.24, 2.45) is 0 Å². The SMILES string of the molecule is CCNC(c1cc(C)cc(C)c1)c1cc(Br)ccc1Br. The number of benzene rings is 2. The molecule has 1 unspecified atom stereocenters. The lowest BCUT2D eigenvalue weighted by atomic mass is 9.95. The van der Waals surface area contributed by atoms with Gasteiger partial charge in [-0.3, -0.25) is 0 Å². The number of aryl methyl sites for hydroxylation is 2. The highest BCUT2D eigenvalue weighted by Crippen LogP contribution is 2.31. The van der Waals surface area contributed by atoms with E-state index in [0.717, 1.165) is 15.5 Å². The summed E-state index contributed by atoms with van der Waals surface area (Å²) in [5.41, 5.74) is 5.16. The third-order valence-electron chi connectivity index (χ3n) is 3.25. The van der Waals surface area contributed by atoms with Crippen molar-refractivity contribution >= 4 is 31.9 Å². The van der Waals surface area contributed by atoms with Crippen LogP contribution in [0.25, 0.3) is 0 Å². The van der Waals surface area contributed by atoms with Crippen molar-refractivity contribution in [1.82, 2.24) is 5.32 Å². The van der Waals surface area contributed by atoms with Crippen molar-refractivity contribution in [1.29, 1.82) is 0 Å². The van der Waals surface area contributed by atoms with Crippen LogP contribution in [0.3, 0.4) is 0 Å². The highest BCUT2D eigenvalue weighted by atomic mass is 79.9. The van der Waals surface area contributed by atoms with Gasteiger partial charge in [-0.1, -0.05) is 68.1 Å². The highest BCUT2D eigenvalue weighted by Gasteiger charge is 2.16. The smallest absolute Gasteiger partial charge is 0.0588 e. The molecule has 3 heteroatoms. The summed E-state index contributed by atoms with van der Waals surface area (Å²) >= 11 is 7.24. The second-order valence-electron chi connectivity index (χ2n) is 5.08. The molecule has 20 heavy (non-hydrogen) atoms. The van der Waals surface area contributed by atoms with E-state index < -0.39 is 0 Å². The van der Waals surface area contributed by atoms with Gasteiger partial charge < -0.3 is 5.32 Å². The van der Waals surface area contributed by atoms with Gasteiger partial charge in [-0.2, -0.15) is 0 Å². The predicted molar refractivity (Wildman–Crippen MR) is 93.3 cm³/mol. The van der Waals surface area contributed by atoms with Gasteiger partial charge >= 0.3 is 0 Å². The van der Waals surface area contributed by atoms with E-state index in [2.05, 4.69) is 94.3 Å². The number of hydrogen-bond donors (Lipinski definition) is 1. The Bertz CT molecular complexity index is 588. The first-order chi connectivity index (χ1) is 9.51. The molecule has 0 amide bonds. The van der Waals surface area contributed by atoms with E-state index in [0.29, 0.717) is 0 Å². The number of halogens is 2. The summed E-state index contributed by atoms with van der Waals surface area (Å²) in [6.45, 7) is 7.36. The van der Waals surface area contributed by atoms with E-state index in [9.17, 15) is 0 Å². The van der Waals surface area contributed by atoms with E-state index in [4.69, 9.17) is 0 Å². The van der Waals surface area contributed by atoms with Crippen molar-refractivity contribution in [3.63, 3.8) is 0 Å². The molecule has 0 radical (unpaired) electrons. The molecule has 0 spiro atoms. The molecule has 0 aliphatic carbocycles. The van der Waals surface area contributed by atoms with Crippen molar-refractivity contribution in [3.05, 3.63) is 67.6 Å². The Labute approximate surface area is 138 Å². The zero-order valence-corrected chi connectivity index (χ0v) is 15.2. The molecule has 2 rings (SSSR count). The lowest BCUT2D eigenvalue weighted by molar-refractivity contribution is 0.627. The van der Waals surface area contributed by atoms with Crippen LogP contribution >= 0.6 is 31.9 Å². The van der Waals surface area contributed by atoms with Crippen LogP contribution in [0.5, 0.6) is 0 Å². The molecule has 0 bridgehead atoms. The average molecular weight is 397 g/mol. The van der Waals surface area contributed by atoms with Gasteiger partial charge in [0, 0.05) is 8.95 Å². The monoisotopic (exact) mass is 395 g/mol. The number of rotatable bonds is 4. The van der Waals surface area contributed by atoms with Gasteiger partial charge in [0.1, 0.15) is 0 Å². The predicted octanol–water partition coefficient (Wildman–Crippen LogP) is 5.53. The minimum atomic E-state index is 0.200. The van der Waals surface area contributed by atoms with Crippen LogP contribution < -0.4 is 5.32 Å². The maximum absolute atomic E-state index is 3.67. The molecule has 0 saturated heterocycles. The Kier molecular flexibility index (Phi) is 5.42. The maximum atomic E-state index is 3.67. The first-order valence-corrected chi connectivity index (χ1v) is 8.36. The zero-order chi connectivity index (χ0) is 14.7. The first kappa shape index (κ1) is 15.7. The summed E-state index contributed by atoms with van der Waals surface area (Å²) in [6, 6.07) is 13.2. The van der Waals surface area contributed by atoms with E-state index in [1.54, 1.807) is 0 Å². The van der Waals surface area contributed by atoms with Crippen LogP contribution in [0.2, 0.25) is 0 Å². The summed E-state index contributed by atoms with van der Waals surface area (Å²) in [7, 11) is 0. The quantitative estimate of drug-likeness (QED) is 0.716. The molecule has 0 heterocycles. The van der Waals surface area contributed by atoms with Crippen molar-refractivity contribution in [3.8, 4) is 0 Å². The third-order valence-corrected chi connectivity index (χ3v) is 4.47. The summed E-state index contributed by atoms with van der Waals surface area (Å²) in [4.78, 5) is 0. The van der Waals surface area contributed by atoms with E-state index in [1.165, 1.54) is 22.3 Å². The van der Waals surface area contributed by atoms with E-state index in [-0.39, 0.29) is 6.04 Å². The zero-order valence-electron chi connectivity index (χ0n) is 12.0. The van der Waals surface area contributed by atoms with E-state index in [1.807, 2.05) is 0 Å². The molecular formula is C17H19Br2N. The lowest BCUT2D eigenvalue weighted by Gasteiger charge is -2.21. The molecule has 106 valence electrons. The number of nitrogens with one attached hydrogen (secondary N) is 1. The van der Waals surface area contributed by atoms with Gasteiger partial charge in [0.05, 0.1) is 6.04 Å². The summed E-state index contributed by atoms with van der Waals surface area (Å²) < 4.78 is 2.23. The standard InChI is InChI=1S/C17H19Br2N/c1-4-20-17(13-8-11(2)7-12(3)9-13)15-10-14(18)5-6-16(15)19/h5-10,17,20H,4H2,1-3H3. The van der Waals surface area contributed by atoms with Crippen LogP contribution in [-0.2, 0) is 0 Å². The summed E-state index contributed by atoms with van der Waals surface area (Å²) in [6.07, 6.45) is 0. The Balaban J connectivity index is 2.52. The average Bonchev–Trinajstić information content (AvgIpc) is 2.38. The van der Waals surface area contributed by atoms with Crippen molar-refractivity contribution < 1.29 is 0 Å². The second-order valence-corrected chi connectivity index (χ2v) is 6.85. The Morgan fingerprint density at radius 2 is 1.65 bits per heavy atom. The topological polar surface area (TPSA) is 12.0 Å². The van der Waals surface area contributed by atoms with Gasteiger partial charge in [-0.05, 0) is 49.7 Å². The fraction of sp³-hybridized carbons (Fsp3) is 0.294. The molecule has 2 aromatic rings. The molecule has 0 aliphatic heterocycles. The molecular weight excluding hydrogens is 378 g/mol. The minimum absolute atomic E-state index is 0.200. The fourth-order valence-corrected chi connectivity index (χ4v) is 3.38. The summed E-state index contributed by atoms with van der Waals surface area (Å²) in [5, 5.41) is 3.59. The first-order valence-electron chi connectivity index (χ1n) is 6.77. The number of hydrogen-bond acceptors (Lipinski definition) is 1.